The Balaban J connectivity index is 2.45. The largest absolute Gasteiger partial charge is 0.479 e. The van der Waals surface area contributed by atoms with Crippen LogP contribution in [-0.2, 0) is 16.1 Å². The molecule has 9 heteroatoms. The first-order chi connectivity index (χ1) is 8.90. The smallest absolute Gasteiger partial charge is 0.332 e. The molecule has 1 heterocycles. The van der Waals surface area contributed by atoms with Crippen LogP contribution in [-0.4, -0.2) is 44.3 Å². The van der Waals surface area contributed by atoms with E-state index in [9.17, 15) is 19.2 Å². The molecule has 0 aliphatic rings. The van der Waals surface area contributed by atoms with Crippen molar-refractivity contribution < 1.29 is 19.8 Å². The summed E-state index contributed by atoms with van der Waals surface area (Å²) in [5, 5.41) is 19.7. The number of amides is 1. The molecular weight excluding hydrogens is 258 g/mol. The summed E-state index contributed by atoms with van der Waals surface area (Å²) >= 11 is 0. The van der Waals surface area contributed by atoms with Crippen molar-refractivity contribution in [1.82, 2.24) is 14.9 Å². The summed E-state index contributed by atoms with van der Waals surface area (Å²) in [6.45, 7) is -0.344. The van der Waals surface area contributed by atoms with E-state index in [4.69, 9.17) is 10.2 Å². The Kier molecular flexibility index (Phi) is 5.01. The number of aliphatic carboxylic acids is 1. The number of carboxylic acid groups (broad SMARTS) is 1. The van der Waals surface area contributed by atoms with Gasteiger partial charge in [0.25, 0.3) is 5.56 Å². The SMILES string of the molecule is O=C(Cn1ccc(=O)[nH]c1=O)NCCC(O)C(=O)O. The lowest BCUT2D eigenvalue weighted by molar-refractivity contribution is -0.147. The Morgan fingerprint density at radius 2 is 2.11 bits per heavy atom. The van der Waals surface area contributed by atoms with Crippen LogP contribution in [0.5, 0.6) is 0 Å². The quantitative estimate of drug-likeness (QED) is 0.450. The van der Waals surface area contributed by atoms with Gasteiger partial charge in [0.05, 0.1) is 0 Å². The van der Waals surface area contributed by atoms with Crippen LogP contribution in [0, 0.1) is 0 Å². The van der Waals surface area contributed by atoms with E-state index in [1.807, 2.05) is 4.98 Å². The first kappa shape index (κ1) is 14.6. The van der Waals surface area contributed by atoms with Gasteiger partial charge in [0.1, 0.15) is 6.54 Å². The second-order valence-corrected chi connectivity index (χ2v) is 3.73. The molecule has 4 N–H and O–H groups in total. The zero-order chi connectivity index (χ0) is 14.4. The second-order valence-electron chi connectivity index (χ2n) is 3.73. The Hall–Kier alpha value is -2.42. The highest BCUT2D eigenvalue weighted by Gasteiger charge is 2.13. The molecule has 9 nitrogen and oxygen atoms in total. The summed E-state index contributed by atoms with van der Waals surface area (Å²) in [5.41, 5.74) is -1.28. The van der Waals surface area contributed by atoms with Gasteiger partial charge in [-0.05, 0) is 0 Å². The molecular formula is C10H13N3O6. The van der Waals surface area contributed by atoms with E-state index in [2.05, 4.69) is 5.32 Å². The minimum atomic E-state index is -1.55. The number of hydrogen-bond donors (Lipinski definition) is 4. The van der Waals surface area contributed by atoms with Gasteiger partial charge in [-0.2, -0.15) is 0 Å². The fraction of sp³-hybridized carbons (Fsp3) is 0.400. The van der Waals surface area contributed by atoms with Crippen LogP contribution >= 0.6 is 0 Å². The number of aliphatic hydroxyl groups excluding tert-OH is 1. The van der Waals surface area contributed by atoms with Gasteiger partial charge in [-0.3, -0.25) is 19.1 Å². The van der Waals surface area contributed by atoms with Crippen LogP contribution < -0.4 is 16.6 Å². The van der Waals surface area contributed by atoms with Gasteiger partial charge in [0, 0.05) is 25.2 Å². The number of carbonyl (C=O) groups is 2. The average Bonchev–Trinajstić information content (AvgIpc) is 2.32. The molecule has 0 saturated heterocycles. The molecule has 104 valence electrons. The molecule has 0 aliphatic carbocycles. The van der Waals surface area contributed by atoms with Crippen molar-refractivity contribution in [3.05, 3.63) is 33.1 Å². The number of H-pyrrole nitrogens is 1. The molecule has 0 radical (unpaired) electrons. The van der Waals surface area contributed by atoms with Crippen LogP contribution in [0.15, 0.2) is 21.9 Å². The minimum Gasteiger partial charge on any atom is -0.479 e. The molecule has 1 unspecified atom stereocenters. The third-order valence-electron chi connectivity index (χ3n) is 2.24. The number of carbonyl (C=O) groups excluding carboxylic acids is 1. The lowest BCUT2D eigenvalue weighted by atomic mass is 10.2. The number of hydrogen-bond acceptors (Lipinski definition) is 5. The van der Waals surface area contributed by atoms with E-state index in [1.165, 1.54) is 6.20 Å². The van der Waals surface area contributed by atoms with Crippen LogP contribution in [0.3, 0.4) is 0 Å². The van der Waals surface area contributed by atoms with Crippen molar-refractivity contribution in [2.45, 2.75) is 19.1 Å². The molecule has 0 aromatic carbocycles. The van der Waals surface area contributed by atoms with Crippen LogP contribution in [0.4, 0.5) is 0 Å². The molecule has 0 fully saturated rings. The summed E-state index contributed by atoms with van der Waals surface area (Å²) < 4.78 is 0.990. The molecule has 0 aliphatic heterocycles. The number of carboxylic acids is 1. The molecule has 1 rings (SSSR count). The predicted octanol–water partition coefficient (Wildman–Crippen LogP) is -2.51. The number of aromatic nitrogens is 2. The molecule has 0 bridgehead atoms. The number of nitrogens with one attached hydrogen (secondary N) is 2. The lowest BCUT2D eigenvalue weighted by Gasteiger charge is -2.08. The highest BCUT2D eigenvalue weighted by molar-refractivity contribution is 5.76. The van der Waals surface area contributed by atoms with Gasteiger partial charge in [0.15, 0.2) is 6.10 Å². The molecule has 1 amide bonds. The first-order valence-electron chi connectivity index (χ1n) is 5.37. The molecule has 1 aromatic heterocycles. The maximum Gasteiger partial charge on any atom is 0.332 e. The first-order valence-corrected chi connectivity index (χ1v) is 5.37. The summed E-state index contributed by atoms with van der Waals surface area (Å²) in [6, 6.07) is 1.10. The Morgan fingerprint density at radius 1 is 1.42 bits per heavy atom. The zero-order valence-electron chi connectivity index (χ0n) is 9.83. The van der Waals surface area contributed by atoms with E-state index in [0.717, 1.165) is 10.6 Å². The Labute approximate surface area is 106 Å². The summed E-state index contributed by atoms with van der Waals surface area (Å²) in [7, 11) is 0. The molecule has 19 heavy (non-hydrogen) atoms. The molecule has 1 aromatic rings. The standard InChI is InChI=1S/C10H13N3O6/c14-6(9(17)18)1-3-11-8(16)5-13-4-2-7(15)12-10(13)19/h2,4,6,14H,1,3,5H2,(H,11,16)(H,17,18)(H,12,15,19). The lowest BCUT2D eigenvalue weighted by Crippen LogP contribution is -2.36. The van der Waals surface area contributed by atoms with Crippen LogP contribution in [0.2, 0.25) is 0 Å². The van der Waals surface area contributed by atoms with Gasteiger partial charge in [0.2, 0.25) is 5.91 Å². The van der Waals surface area contributed by atoms with E-state index >= 15 is 0 Å². The van der Waals surface area contributed by atoms with E-state index in [-0.39, 0.29) is 19.5 Å². The second kappa shape index (κ2) is 6.50. The monoisotopic (exact) mass is 271 g/mol. The van der Waals surface area contributed by atoms with Crippen LogP contribution in [0.25, 0.3) is 0 Å². The predicted molar refractivity (Wildman–Crippen MR) is 62.6 cm³/mol. The highest BCUT2D eigenvalue weighted by Crippen LogP contribution is 1.89. The van der Waals surface area contributed by atoms with Crippen molar-refractivity contribution in [2.75, 3.05) is 6.54 Å². The van der Waals surface area contributed by atoms with E-state index < -0.39 is 29.2 Å². The van der Waals surface area contributed by atoms with Crippen molar-refractivity contribution >= 4 is 11.9 Å². The van der Waals surface area contributed by atoms with Gasteiger partial charge in [-0.15, -0.1) is 0 Å². The number of aliphatic hydroxyl groups is 1. The summed E-state index contributed by atoms with van der Waals surface area (Å²) in [6.07, 6.45) is -0.509. The van der Waals surface area contributed by atoms with E-state index in [0.29, 0.717) is 0 Å². The maximum atomic E-state index is 11.4. The van der Waals surface area contributed by atoms with Crippen molar-refractivity contribution in [2.24, 2.45) is 0 Å². The Bertz CT molecular complexity index is 575. The maximum absolute atomic E-state index is 11.4. The van der Waals surface area contributed by atoms with Gasteiger partial charge < -0.3 is 15.5 Å². The normalized spacial score (nSPS) is 11.8. The molecule has 1 atom stereocenters. The van der Waals surface area contributed by atoms with Crippen molar-refractivity contribution in [1.29, 1.82) is 0 Å². The average molecular weight is 271 g/mol. The zero-order valence-corrected chi connectivity index (χ0v) is 9.83. The van der Waals surface area contributed by atoms with Crippen molar-refractivity contribution in [3.8, 4) is 0 Å². The summed E-state index contributed by atoms with van der Waals surface area (Å²) in [5.74, 6) is -1.90. The van der Waals surface area contributed by atoms with E-state index in [1.54, 1.807) is 0 Å². The topological polar surface area (TPSA) is 141 Å². The summed E-state index contributed by atoms with van der Waals surface area (Å²) in [4.78, 5) is 45.7. The van der Waals surface area contributed by atoms with Gasteiger partial charge in [-0.1, -0.05) is 0 Å². The van der Waals surface area contributed by atoms with Crippen LogP contribution in [0.1, 0.15) is 6.42 Å². The number of aromatic amines is 1. The number of nitrogens with zero attached hydrogens (tertiary/aromatic N) is 1. The molecule has 0 spiro atoms. The minimum absolute atomic E-state index is 0.0373. The third kappa shape index (κ3) is 4.76. The van der Waals surface area contributed by atoms with Gasteiger partial charge in [-0.25, -0.2) is 9.59 Å². The van der Waals surface area contributed by atoms with Crippen molar-refractivity contribution in [3.63, 3.8) is 0 Å². The number of rotatable bonds is 6. The fourth-order valence-electron chi connectivity index (χ4n) is 1.25. The van der Waals surface area contributed by atoms with Gasteiger partial charge >= 0.3 is 11.7 Å². The highest BCUT2D eigenvalue weighted by atomic mass is 16.4. The Morgan fingerprint density at radius 3 is 2.68 bits per heavy atom. The third-order valence-corrected chi connectivity index (χ3v) is 2.24. The molecule has 0 saturated carbocycles. The fourth-order valence-corrected chi connectivity index (χ4v) is 1.25.